The number of fused-ring (bicyclic) bond motifs is 5. The topological polar surface area (TPSA) is 64.5 Å². The molecule has 0 radical (unpaired) electrons. The zero-order valence-corrected chi connectivity index (χ0v) is 19.8. The summed E-state index contributed by atoms with van der Waals surface area (Å²) in [7, 11) is 0. The highest BCUT2D eigenvalue weighted by Gasteiger charge is 2.64. The van der Waals surface area contributed by atoms with Gasteiger partial charge in [-0.3, -0.25) is 0 Å². The third-order valence-electron chi connectivity index (χ3n) is 10.1. The standard InChI is InChI=1S/C26H46N2O2/c1-5-13-27-14-15-28-18-9-11-26(4)20-10-12-25(3)17(6-2)7-8-19(25)22(20)24(30)23(29)21(26)16-18/h6,18-24,27-30H,5,7-16H2,1-4H3/b17-6-/t18?,19?,20?,21?,22?,23-,24?,25-,26-/m1/s1. The minimum Gasteiger partial charge on any atom is -0.390 e. The van der Waals surface area contributed by atoms with E-state index >= 15 is 0 Å². The van der Waals surface area contributed by atoms with Crippen LogP contribution < -0.4 is 10.6 Å². The van der Waals surface area contributed by atoms with Crippen LogP contribution in [0.15, 0.2) is 11.6 Å². The van der Waals surface area contributed by atoms with Crippen molar-refractivity contribution in [3.63, 3.8) is 0 Å². The lowest BCUT2D eigenvalue weighted by Crippen LogP contribution is -2.64. The fourth-order valence-corrected chi connectivity index (χ4v) is 8.44. The molecule has 6 unspecified atom stereocenters. The summed E-state index contributed by atoms with van der Waals surface area (Å²) in [6.07, 6.45) is 10.6. The molecule has 4 aliphatic rings. The van der Waals surface area contributed by atoms with Gasteiger partial charge < -0.3 is 20.8 Å². The molecule has 4 nitrogen and oxygen atoms in total. The van der Waals surface area contributed by atoms with Crippen LogP contribution in [0.25, 0.3) is 0 Å². The first-order chi connectivity index (χ1) is 14.4. The molecule has 4 saturated carbocycles. The molecule has 4 fully saturated rings. The molecule has 0 aliphatic heterocycles. The molecule has 4 N–H and O–H groups in total. The number of allylic oxidation sites excluding steroid dienone is 2. The molecule has 0 aromatic carbocycles. The minimum absolute atomic E-state index is 0.169. The maximum Gasteiger partial charge on any atom is 0.0836 e. The predicted octanol–water partition coefficient (Wildman–Crippen LogP) is 3.87. The summed E-state index contributed by atoms with van der Waals surface area (Å²) in [6.45, 7) is 12.4. The highest BCUT2D eigenvalue weighted by Crippen LogP contribution is 2.67. The Morgan fingerprint density at radius 3 is 2.50 bits per heavy atom. The number of hydrogen-bond donors (Lipinski definition) is 4. The number of nitrogens with one attached hydrogen (secondary N) is 2. The molecule has 4 rings (SSSR count). The summed E-state index contributed by atoms with van der Waals surface area (Å²) in [6, 6.07) is 0.472. The van der Waals surface area contributed by atoms with Gasteiger partial charge in [0.2, 0.25) is 0 Å². The molecule has 0 bridgehead atoms. The summed E-state index contributed by atoms with van der Waals surface area (Å²) in [5.74, 6) is 1.57. The average molecular weight is 419 g/mol. The second kappa shape index (κ2) is 8.84. The Hall–Kier alpha value is -0.420. The van der Waals surface area contributed by atoms with E-state index in [1.54, 1.807) is 5.57 Å². The highest BCUT2D eigenvalue weighted by atomic mass is 16.3. The molecular weight excluding hydrogens is 372 g/mol. The Morgan fingerprint density at radius 2 is 1.77 bits per heavy atom. The number of aliphatic hydroxyl groups is 2. The maximum atomic E-state index is 11.4. The van der Waals surface area contributed by atoms with E-state index in [1.165, 1.54) is 44.9 Å². The van der Waals surface area contributed by atoms with Crippen LogP contribution in [-0.4, -0.2) is 48.1 Å². The zero-order chi connectivity index (χ0) is 21.5. The Balaban J connectivity index is 1.48. The van der Waals surface area contributed by atoms with Crippen LogP contribution >= 0.6 is 0 Å². The number of aliphatic hydroxyl groups excluding tert-OH is 2. The minimum atomic E-state index is -0.573. The first-order valence-corrected chi connectivity index (χ1v) is 12.8. The molecule has 0 amide bonds. The monoisotopic (exact) mass is 418 g/mol. The van der Waals surface area contributed by atoms with Crippen LogP contribution in [0.5, 0.6) is 0 Å². The number of rotatable bonds is 6. The Kier molecular flexibility index (Phi) is 6.71. The SMILES string of the molecule is C/C=C1/CCC2C3C(O)[C@H](O)C4CC(NCCNCCC)CC[C@]4(C)C3CC[C@]12C. The molecule has 0 heterocycles. The van der Waals surface area contributed by atoms with Crippen molar-refractivity contribution in [1.29, 1.82) is 0 Å². The molecular formula is C26H46N2O2. The summed E-state index contributed by atoms with van der Waals surface area (Å²) in [5, 5.41) is 30.0. The molecule has 0 saturated heterocycles. The fourth-order valence-electron chi connectivity index (χ4n) is 8.44. The lowest BCUT2D eigenvalue weighted by atomic mass is 9.43. The van der Waals surface area contributed by atoms with Gasteiger partial charge in [-0.15, -0.1) is 0 Å². The van der Waals surface area contributed by atoms with Crippen LogP contribution in [0.3, 0.4) is 0 Å². The summed E-state index contributed by atoms with van der Waals surface area (Å²) in [4.78, 5) is 0. The predicted molar refractivity (Wildman–Crippen MR) is 123 cm³/mol. The molecule has 9 atom stereocenters. The fraction of sp³-hybridized carbons (Fsp3) is 0.923. The van der Waals surface area contributed by atoms with Gasteiger partial charge in [0, 0.05) is 19.1 Å². The first-order valence-electron chi connectivity index (χ1n) is 12.8. The van der Waals surface area contributed by atoms with Gasteiger partial charge in [0.15, 0.2) is 0 Å². The molecule has 4 aliphatic carbocycles. The van der Waals surface area contributed by atoms with E-state index in [0.29, 0.717) is 17.9 Å². The summed E-state index contributed by atoms with van der Waals surface area (Å²) in [5.41, 5.74) is 2.01. The number of hydrogen-bond acceptors (Lipinski definition) is 4. The first kappa shape index (κ1) is 22.8. The van der Waals surface area contributed by atoms with Crippen molar-refractivity contribution in [3.05, 3.63) is 11.6 Å². The van der Waals surface area contributed by atoms with Crippen molar-refractivity contribution in [3.8, 4) is 0 Å². The summed E-state index contributed by atoms with van der Waals surface area (Å²) >= 11 is 0. The maximum absolute atomic E-state index is 11.4. The largest absolute Gasteiger partial charge is 0.390 e. The lowest BCUT2D eigenvalue weighted by molar-refractivity contribution is -0.211. The van der Waals surface area contributed by atoms with E-state index in [1.807, 2.05) is 0 Å². The molecule has 172 valence electrons. The quantitative estimate of drug-likeness (QED) is 0.390. The third kappa shape index (κ3) is 3.60. The second-order valence-corrected chi connectivity index (χ2v) is 11.4. The van der Waals surface area contributed by atoms with Crippen LogP contribution in [0, 0.1) is 34.5 Å². The van der Waals surface area contributed by atoms with Crippen LogP contribution in [0.4, 0.5) is 0 Å². The van der Waals surface area contributed by atoms with Gasteiger partial charge >= 0.3 is 0 Å². The van der Waals surface area contributed by atoms with Crippen molar-refractivity contribution >= 4 is 0 Å². The van der Waals surface area contributed by atoms with Gasteiger partial charge in [-0.1, -0.05) is 32.4 Å². The molecule has 0 spiro atoms. The molecule has 0 aromatic heterocycles. The van der Waals surface area contributed by atoms with E-state index in [4.69, 9.17) is 0 Å². The summed E-state index contributed by atoms with van der Waals surface area (Å²) < 4.78 is 0. The van der Waals surface area contributed by atoms with Gasteiger partial charge in [0.05, 0.1) is 12.2 Å². The van der Waals surface area contributed by atoms with E-state index in [2.05, 4.69) is 44.4 Å². The van der Waals surface area contributed by atoms with Crippen molar-refractivity contribution in [2.45, 2.75) is 97.3 Å². The van der Waals surface area contributed by atoms with E-state index in [-0.39, 0.29) is 22.7 Å². The Morgan fingerprint density at radius 1 is 0.967 bits per heavy atom. The molecule has 30 heavy (non-hydrogen) atoms. The third-order valence-corrected chi connectivity index (χ3v) is 10.1. The van der Waals surface area contributed by atoms with Crippen LogP contribution in [0.1, 0.15) is 79.1 Å². The van der Waals surface area contributed by atoms with Gasteiger partial charge in [-0.25, -0.2) is 0 Å². The lowest BCUT2D eigenvalue weighted by Gasteiger charge is -2.63. The highest BCUT2D eigenvalue weighted by molar-refractivity contribution is 5.25. The Labute approximate surface area is 184 Å². The molecule has 4 heteroatoms. The second-order valence-electron chi connectivity index (χ2n) is 11.4. The van der Waals surface area contributed by atoms with Crippen molar-refractivity contribution in [2.24, 2.45) is 34.5 Å². The van der Waals surface area contributed by atoms with Gasteiger partial charge in [0.25, 0.3) is 0 Å². The van der Waals surface area contributed by atoms with E-state index in [0.717, 1.165) is 26.1 Å². The average Bonchev–Trinajstić information content (AvgIpc) is 3.08. The van der Waals surface area contributed by atoms with Crippen molar-refractivity contribution < 1.29 is 10.2 Å². The van der Waals surface area contributed by atoms with E-state index in [9.17, 15) is 10.2 Å². The van der Waals surface area contributed by atoms with Crippen LogP contribution in [-0.2, 0) is 0 Å². The van der Waals surface area contributed by atoms with Gasteiger partial charge in [-0.05, 0) is 99.3 Å². The Bertz CT molecular complexity index is 637. The smallest absolute Gasteiger partial charge is 0.0836 e. The molecule has 0 aromatic rings. The van der Waals surface area contributed by atoms with Crippen LogP contribution in [0.2, 0.25) is 0 Å². The van der Waals surface area contributed by atoms with Gasteiger partial charge in [-0.2, -0.15) is 0 Å². The normalized spacial score (nSPS) is 49.5. The van der Waals surface area contributed by atoms with Crippen molar-refractivity contribution in [2.75, 3.05) is 19.6 Å². The van der Waals surface area contributed by atoms with Crippen molar-refractivity contribution in [1.82, 2.24) is 10.6 Å². The zero-order valence-electron chi connectivity index (χ0n) is 19.8. The van der Waals surface area contributed by atoms with E-state index < -0.39 is 12.2 Å². The van der Waals surface area contributed by atoms with Gasteiger partial charge in [0.1, 0.15) is 0 Å².